The molecule has 0 aliphatic rings. The van der Waals surface area contributed by atoms with E-state index in [1.54, 1.807) is 0 Å². The van der Waals surface area contributed by atoms with Crippen LogP contribution in [0.25, 0.3) is 10.1 Å². The molecule has 1 N–H and O–H groups in total. The number of nitrogens with one attached hydrogen (secondary N) is 1. The van der Waals surface area contributed by atoms with Crippen molar-refractivity contribution >= 4 is 21.4 Å². The Morgan fingerprint density at radius 3 is 2.80 bits per heavy atom. The summed E-state index contributed by atoms with van der Waals surface area (Å²) in [6, 6.07) is 8.79. The highest BCUT2D eigenvalue weighted by atomic mass is 32.1. The van der Waals surface area contributed by atoms with Gasteiger partial charge in [-0.2, -0.15) is 4.98 Å². The summed E-state index contributed by atoms with van der Waals surface area (Å²) in [4.78, 5) is 5.57. The normalized spacial score (nSPS) is 12.9. The van der Waals surface area contributed by atoms with E-state index in [1.807, 2.05) is 18.3 Å². The summed E-state index contributed by atoms with van der Waals surface area (Å²) in [5.41, 5.74) is 1.35. The molecule has 1 unspecified atom stereocenters. The van der Waals surface area contributed by atoms with Gasteiger partial charge in [0.15, 0.2) is 5.82 Å². The second-order valence-corrected chi connectivity index (χ2v) is 6.01. The average molecular weight is 287 g/mol. The lowest BCUT2D eigenvalue weighted by Crippen LogP contribution is -2.18. The van der Waals surface area contributed by atoms with Crippen LogP contribution in [0.1, 0.15) is 35.1 Å². The van der Waals surface area contributed by atoms with E-state index in [-0.39, 0.29) is 6.04 Å². The molecule has 2 heterocycles. The van der Waals surface area contributed by atoms with Gasteiger partial charge in [0.1, 0.15) is 0 Å². The predicted octanol–water partition coefficient (Wildman–Crippen LogP) is 3.75. The Balaban J connectivity index is 1.78. The summed E-state index contributed by atoms with van der Waals surface area (Å²) >= 11 is 1.84. The van der Waals surface area contributed by atoms with Crippen molar-refractivity contribution in [3.63, 3.8) is 0 Å². The Kier molecular flexibility index (Phi) is 3.54. The van der Waals surface area contributed by atoms with Crippen LogP contribution in [-0.4, -0.2) is 10.1 Å². The third-order valence-corrected chi connectivity index (χ3v) is 4.86. The van der Waals surface area contributed by atoms with Crippen LogP contribution in [0, 0.1) is 13.8 Å². The monoisotopic (exact) mass is 287 g/mol. The van der Waals surface area contributed by atoms with Gasteiger partial charge in [-0.25, -0.2) is 0 Å². The molecule has 0 spiro atoms. The van der Waals surface area contributed by atoms with Gasteiger partial charge in [0, 0.05) is 15.6 Å². The maximum absolute atomic E-state index is 5.12. The fraction of sp³-hybridized carbons (Fsp3) is 0.333. The molecule has 1 atom stereocenters. The minimum Gasteiger partial charge on any atom is -0.338 e. The fourth-order valence-electron chi connectivity index (χ4n) is 2.35. The van der Waals surface area contributed by atoms with Gasteiger partial charge in [-0.3, -0.25) is 0 Å². The zero-order valence-electron chi connectivity index (χ0n) is 11.8. The Morgan fingerprint density at radius 2 is 2.10 bits per heavy atom. The SMILES string of the molecule is Cc1noc(CNC(C)c2sc3ccccc3c2C)n1. The molecule has 0 aliphatic carbocycles. The molecular formula is C15H17N3OS. The Morgan fingerprint density at radius 1 is 1.30 bits per heavy atom. The molecule has 104 valence electrons. The number of fused-ring (bicyclic) bond motifs is 1. The largest absolute Gasteiger partial charge is 0.338 e. The van der Waals surface area contributed by atoms with Crippen LogP contribution in [0.4, 0.5) is 0 Å². The summed E-state index contributed by atoms with van der Waals surface area (Å²) in [7, 11) is 0. The van der Waals surface area contributed by atoms with Crippen molar-refractivity contribution in [1.82, 2.24) is 15.5 Å². The van der Waals surface area contributed by atoms with Crippen LogP contribution in [0.15, 0.2) is 28.8 Å². The summed E-state index contributed by atoms with van der Waals surface area (Å²) in [6.07, 6.45) is 0. The summed E-state index contributed by atoms with van der Waals surface area (Å²) in [5, 5.41) is 8.58. The molecule has 2 aromatic heterocycles. The average Bonchev–Trinajstić information content (AvgIpc) is 3.01. The van der Waals surface area contributed by atoms with Crippen molar-refractivity contribution < 1.29 is 4.52 Å². The van der Waals surface area contributed by atoms with Crippen molar-refractivity contribution in [2.75, 3.05) is 0 Å². The number of thiophene rings is 1. The second kappa shape index (κ2) is 5.34. The lowest BCUT2D eigenvalue weighted by atomic mass is 10.1. The topological polar surface area (TPSA) is 51.0 Å². The lowest BCUT2D eigenvalue weighted by molar-refractivity contribution is 0.358. The summed E-state index contributed by atoms with van der Waals surface area (Å²) in [6.45, 7) is 6.77. The molecule has 0 fully saturated rings. The predicted molar refractivity (Wildman–Crippen MR) is 80.9 cm³/mol. The highest BCUT2D eigenvalue weighted by Gasteiger charge is 2.14. The van der Waals surface area contributed by atoms with Gasteiger partial charge in [0.2, 0.25) is 5.89 Å². The molecule has 3 aromatic rings. The van der Waals surface area contributed by atoms with E-state index < -0.39 is 0 Å². The molecule has 4 nitrogen and oxygen atoms in total. The lowest BCUT2D eigenvalue weighted by Gasteiger charge is -2.11. The van der Waals surface area contributed by atoms with Gasteiger partial charge in [0.05, 0.1) is 6.54 Å². The number of benzene rings is 1. The third kappa shape index (κ3) is 2.46. The Bertz CT molecular complexity index is 732. The van der Waals surface area contributed by atoms with Crippen LogP contribution >= 0.6 is 11.3 Å². The van der Waals surface area contributed by atoms with Crippen LogP contribution in [0.2, 0.25) is 0 Å². The minimum atomic E-state index is 0.264. The Hall–Kier alpha value is -1.72. The van der Waals surface area contributed by atoms with Crippen molar-refractivity contribution in [2.45, 2.75) is 33.4 Å². The molecule has 0 saturated heterocycles. The van der Waals surface area contributed by atoms with E-state index in [0.29, 0.717) is 18.3 Å². The fourth-order valence-corrected chi connectivity index (χ4v) is 3.59. The van der Waals surface area contributed by atoms with Crippen LogP contribution < -0.4 is 5.32 Å². The van der Waals surface area contributed by atoms with E-state index in [0.717, 1.165) is 0 Å². The van der Waals surface area contributed by atoms with Gasteiger partial charge in [0.25, 0.3) is 0 Å². The third-order valence-electron chi connectivity index (χ3n) is 3.40. The minimum absolute atomic E-state index is 0.264. The molecule has 1 aromatic carbocycles. The maximum atomic E-state index is 5.12. The standard InChI is InChI=1S/C15H17N3OS/c1-9-12-6-4-5-7-13(12)20-15(9)10(2)16-8-14-17-11(3)18-19-14/h4-7,10,16H,8H2,1-3H3. The van der Waals surface area contributed by atoms with Gasteiger partial charge >= 0.3 is 0 Å². The maximum Gasteiger partial charge on any atom is 0.240 e. The molecule has 0 bridgehead atoms. The molecule has 0 radical (unpaired) electrons. The molecule has 0 aliphatic heterocycles. The van der Waals surface area contributed by atoms with Crippen LogP contribution in [-0.2, 0) is 6.54 Å². The highest BCUT2D eigenvalue weighted by molar-refractivity contribution is 7.19. The van der Waals surface area contributed by atoms with Crippen molar-refractivity contribution in [1.29, 1.82) is 0 Å². The van der Waals surface area contributed by atoms with E-state index >= 15 is 0 Å². The number of nitrogens with zero attached hydrogens (tertiary/aromatic N) is 2. The smallest absolute Gasteiger partial charge is 0.240 e. The summed E-state index contributed by atoms with van der Waals surface area (Å²) in [5.74, 6) is 1.31. The first-order valence-corrected chi connectivity index (χ1v) is 7.47. The molecule has 0 amide bonds. The van der Waals surface area contributed by atoms with Gasteiger partial charge in [-0.15, -0.1) is 11.3 Å². The molecule has 20 heavy (non-hydrogen) atoms. The number of aromatic nitrogens is 2. The first-order valence-electron chi connectivity index (χ1n) is 6.65. The number of hydrogen-bond donors (Lipinski definition) is 1. The van der Waals surface area contributed by atoms with Gasteiger partial charge in [-0.1, -0.05) is 23.4 Å². The van der Waals surface area contributed by atoms with E-state index in [1.165, 1.54) is 20.5 Å². The zero-order valence-corrected chi connectivity index (χ0v) is 12.6. The Labute approximate surface area is 121 Å². The zero-order chi connectivity index (χ0) is 14.1. The van der Waals surface area contributed by atoms with Gasteiger partial charge in [-0.05, 0) is 37.8 Å². The first-order chi connectivity index (χ1) is 9.65. The van der Waals surface area contributed by atoms with Crippen molar-refractivity contribution in [3.8, 4) is 0 Å². The molecule has 5 heteroatoms. The molecule has 3 rings (SSSR count). The van der Waals surface area contributed by atoms with E-state index in [4.69, 9.17) is 4.52 Å². The summed E-state index contributed by atoms with van der Waals surface area (Å²) < 4.78 is 6.45. The second-order valence-electron chi connectivity index (χ2n) is 4.93. The first kappa shape index (κ1) is 13.3. The number of aryl methyl sites for hydroxylation is 2. The van der Waals surface area contributed by atoms with Crippen LogP contribution in [0.5, 0.6) is 0 Å². The van der Waals surface area contributed by atoms with Crippen molar-refractivity contribution in [3.05, 3.63) is 46.4 Å². The molecule has 0 saturated carbocycles. The van der Waals surface area contributed by atoms with E-state index in [2.05, 4.69) is 53.6 Å². The molecular weight excluding hydrogens is 270 g/mol. The number of rotatable bonds is 4. The highest BCUT2D eigenvalue weighted by Crippen LogP contribution is 2.34. The van der Waals surface area contributed by atoms with E-state index in [9.17, 15) is 0 Å². The van der Waals surface area contributed by atoms with Gasteiger partial charge < -0.3 is 9.84 Å². The van der Waals surface area contributed by atoms with Crippen LogP contribution in [0.3, 0.4) is 0 Å². The van der Waals surface area contributed by atoms with Crippen molar-refractivity contribution in [2.24, 2.45) is 0 Å². The number of hydrogen-bond acceptors (Lipinski definition) is 5. The quantitative estimate of drug-likeness (QED) is 0.794.